The molecule has 0 radical (unpaired) electrons. The van der Waals surface area contributed by atoms with Crippen LogP contribution in [0, 0.1) is 5.92 Å². The normalized spacial score (nSPS) is 16.6. The number of nitrogens with two attached hydrogens (primary N) is 1. The molecule has 0 fully saturated rings. The Hall–Kier alpha value is -0.610. The van der Waals surface area contributed by atoms with Crippen molar-refractivity contribution in [2.75, 3.05) is 13.7 Å². The number of carbonyl (C=O) groups is 1. The predicted octanol–water partition coefficient (Wildman–Crippen LogP) is 1.29. The molecular weight excluding hydrogens is 204 g/mol. The lowest BCUT2D eigenvalue weighted by atomic mass is 10.0. The van der Waals surface area contributed by atoms with Gasteiger partial charge in [-0.05, 0) is 25.7 Å². The molecule has 4 nitrogen and oxygen atoms in total. The topological polar surface area (TPSA) is 64.4 Å². The van der Waals surface area contributed by atoms with Gasteiger partial charge in [-0.1, -0.05) is 20.3 Å². The fourth-order valence-corrected chi connectivity index (χ4v) is 1.41. The van der Waals surface area contributed by atoms with Crippen molar-refractivity contribution in [2.45, 2.75) is 52.1 Å². The van der Waals surface area contributed by atoms with Crippen molar-refractivity contribution >= 4 is 5.91 Å². The van der Waals surface area contributed by atoms with E-state index in [1.54, 1.807) is 7.11 Å². The zero-order chi connectivity index (χ0) is 12.6. The number of methoxy groups -OCH3 is 1. The zero-order valence-electron chi connectivity index (χ0n) is 11.0. The van der Waals surface area contributed by atoms with Gasteiger partial charge in [0.05, 0.1) is 6.04 Å². The van der Waals surface area contributed by atoms with Gasteiger partial charge in [0.25, 0.3) is 0 Å². The Kier molecular flexibility index (Phi) is 8.21. The van der Waals surface area contributed by atoms with Crippen LogP contribution < -0.4 is 11.1 Å². The number of carbonyl (C=O) groups excluding carboxylic acids is 1. The van der Waals surface area contributed by atoms with E-state index in [9.17, 15) is 4.79 Å². The molecule has 0 aliphatic rings. The molecule has 0 aromatic heterocycles. The lowest BCUT2D eigenvalue weighted by Gasteiger charge is -2.22. The maximum atomic E-state index is 11.7. The lowest BCUT2D eigenvalue weighted by molar-refractivity contribution is -0.123. The molecular formula is C12H26N2O2. The molecule has 96 valence electrons. The summed E-state index contributed by atoms with van der Waals surface area (Å²) in [4.78, 5) is 11.7. The summed E-state index contributed by atoms with van der Waals surface area (Å²) in [5.74, 6) is 0.430. The average molecular weight is 230 g/mol. The van der Waals surface area contributed by atoms with Gasteiger partial charge in [-0.2, -0.15) is 0 Å². The molecule has 1 amide bonds. The second-order valence-electron chi connectivity index (χ2n) is 4.42. The summed E-state index contributed by atoms with van der Waals surface area (Å²) in [6, 6.07) is -0.229. The monoisotopic (exact) mass is 230 g/mol. The highest BCUT2D eigenvalue weighted by atomic mass is 16.5. The Morgan fingerprint density at radius 1 is 1.44 bits per heavy atom. The minimum Gasteiger partial charge on any atom is -0.385 e. The third-order valence-electron chi connectivity index (χ3n) is 3.07. The largest absolute Gasteiger partial charge is 0.385 e. The Balaban J connectivity index is 3.86. The van der Waals surface area contributed by atoms with Crippen LogP contribution in [-0.2, 0) is 9.53 Å². The van der Waals surface area contributed by atoms with Gasteiger partial charge in [0.15, 0.2) is 0 Å². The van der Waals surface area contributed by atoms with E-state index in [2.05, 4.69) is 19.2 Å². The first kappa shape index (κ1) is 15.4. The number of hydrogen-bond acceptors (Lipinski definition) is 3. The van der Waals surface area contributed by atoms with Crippen LogP contribution in [-0.4, -0.2) is 31.7 Å². The van der Waals surface area contributed by atoms with E-state index in [1.165, 1.54) is 0 Å². The van der Waals surface area contributed by atoms with Gasteiger partial charge in [-0.25, -0.2) is 0 Å². The first-order chi connectivity index (χ1) is 7.52. The molecule has 3 atom stereocenters. The van der Waals surface area contributed by atoms with E-state index in [0.29, 0.717) is 18.9 Å². The smallest absolute Gasteiger partial charge is 0.237 e. The van der Waals surface area contributed by atoms with E-state index < -0.39 is 6.04 Å². The van der Waals surface area contributed by atoms with Crippen LogP contribution in [0.15, 0.2) is 0 Å². The standard InChI is InChI=1S/C12H26N2O2/c1-5-9(2)10(3)14-12(15)11(13)7-6-8-16-4/h9-11H,5-8,13H2,1-4H3,(H,14,15). The number of amides is 1. The van der Waals surface area contributed by atoms with Gasteiger partial charge >= 0.3 is 0 Å². The van der Waals surface area contributed by atoms with Crippen molar-refractivity contribution in [1.29, 1.82) is 0 Å². The Bertz CT molecular complexity index is 197. The fourth-order valence-electron chi connectivity index (χ4n) is 1.41. The van der Waals surface area contributed by atoms with Crippen LogP contribution in [0.2, 0.25) is 0 Å². The van der Waals surface area contributed by atoms with Crippen molar-refractivity contribution in [3.05, 3.63) is 0 Å². The van der Waals surface area contributed by atoms with Crippen LogP contribution in [0.25, 0.3) is 0 Å². The van der Waals surface area contributed by atoms with Gasteiger partial charge in [-0.3, -0.25) is 4.79 Å². The second-order valence-corrected chi connectivity index (χ2v) is 4.42. The lowest BCUT2D eigenvalue weighted by Crippen LogP contribution is -2.46. The first-order valence-electron chi connectivity index (χ1n) is 6.07. The highest BCUT2D eigenvalue weighted by Gasteiger charge is 2.17. The summed E-state index contributed by atoms with van der Waals surface area (Å²) in [7, 11) is 1.65. The van der Waals surface area contributed by atoms with E-state index >= 15 is 0 Å². The summed E-state index contributed by atoms with van der Waals surface area (Å²) >= 11 is 0. The molecule has 0 saturated carbocycles. The molecule has 0 aliphatic carbocycles. The average Bonchev–Trinajstić information content (AvgIpc) is 2.27. The van der Waals surface area contributed by atoms with Crippen molar-refractivity contribution in [3.63, 3.8) is 0 Å². The Labute approximate surface area is 98.9 Å². The number of nitrogens with one attached hydrogen (secondary N) is 1. The molecule has 0 bridgehead atoms. The second kappa shape index (κ2) is 8.53. The molecule has 0 saturated heterocycles. The van der Waals surface area contributed by atoms with Gasteiger partial charge in [0.1, 0.15) is 0 Å². The van der Waals surface area contributed by atoms with Crippen LogP contribution >= 0.6 is 0 Å². The van der Waals surface area contributed by atoms with Gasteiger partial charge in [-0.15, -0.1) is 0 Å². The van der Waals surface area contributed by atoms with Crippen LogP contribution in [0.5, 0.6) is 0 Å². The molecule has 3 unspecified atom stereocenters. The van der Waals surface area contributed by atoms with Gasteiger partial charge in [0, 0.05) is 19.8 Å². The predicted molar refractivity (Wildman–Crippen MR) is 66.1 cm³/mol. The molecule has 0 spiro atoms. The minimum absolute atomic E-state index is 0.0519. The van der Waals surface area contributed by atoms with Crippen molar-refractivity contribution in [3.8, 4) is 0 Å². The third-order valence-corrected chi connectivity index (χ3v) is 3.07. The fraction of sp³-hybridized carbons (Fsp3) is 0.917. The molecule has 0 heterocycles. The third kappa shape index (κ3) is 6.08. The molecule has 3 N–H and O–H groups in total. The molecule has 0 aliphatic heterocycles. The number of rotatable bonds is 8. The van der Waals surface area contributed by atoms with E-state index in [4.69, 9.17) is 10.5 Å². The highest BCUT2D eigenvalue weighted by Crippen LogP contribution is 2.07. The summed E-state index contributed by atoms with van der Waals surface area (Å²) in [5, 5.41) is 2.95. The molecule has 4 heteroatoms. The molecule has 16 heavy (non-hydrogen) atoms. The maximum Gasteiger partial charge on any atom is 0.237 e. The SMILES string of the molecule is CCC(C)C(C)NC(=O)C(N)CCCOC. The Morgan fingerprint density at radius 3 is 2.56 bits per heavy atom. The van der Waals surface area contributed by atoms with Crippen molar-refractivity contribution in [2.24, 2.45) is 11.7 Å². The Morgan fingerprint density at radius 2 is 2.06 bits per heavy atom. The van der Waals surface area contributed by atoms with Crippen molar-refractivity contribution in [1.82, 2.24) is 5.32 Å². The molecule has 0 aromatic rings. The zero-order valence-corrected chi connectivity index (χ0v) is 11.0. The summed E-state index contributed by atoms with van der Waals surface area (Å²) < 4.78 is 4.92. The quantitative estimate of drug-likeness (QED) is 0.618. The minimum atomic E-state index is -0.415. The summed E-state index contributed by atoms with van der Waals surface area (Å²) in [6.45, 7) is 6.92. The number of hydrogen-bond donors (Lipinski definition) is 2. The van der Waals surface area contributed by atoms with Gasteiger partial charge < -0.3 is 15.8 Å². The van der Waals surface area contributed by atoms with E-state index in [0.717, 1.165) is 12.8 Å². The molecule has 0 rings (SSSR count). The first-order valence-corrected chi connectivity index (χ1v) is 6.07. The van der Waals surface area contributed by atoms with Crippen LogP contribution in [0.3, 0.4) is 0 Å². The summed E-state index contributed by atoms with van der Waals surface area (Å²) in [6.07, 6.45) is 2.55. The van der Waals surface area contributed by atoms with E-state index in [-0.39, 0.29) is 11.9 Å². The van der Waals surface area contributed by atoms with Crippen LogP contribution in [0.4, 0.5) is 0 Å². The van der Waals surface area contributed by atoms with Crippen molar-refractivity contribution < 1.29 is 9.53 Å². The van der Waals surface area contributed by atoms with Gasteiger partial charge in [0.2, 0.25) is 5.91 Å². The number of ether oxygens (including phenoxy) is 1. The maximum absolute atomic E-state index is 11.7. The summed E-state index contributed by atoms with van der Waals surface area (Å²) in [5.41, 5.74) is 5.78. The van der Waals surface area contributed by atoms with Crippen LogP contribution in [0.1, 0.15) is 40.0 Å². The highest BCUT2D eigenvalue weighted by molar-refractivity contribution is 5.81. The molecule has 0 aromatic carbocycles. The van der Waals surface area contributed by atoms with E-state index in [1.807, 2.05) is 6.92 Å².